The Morgan fingerprint density at radius 2 is 1.83 bits per heavy atom. The number of pyridine rings is 1. The van der Waals surface area contributed by atoms with Crippen LogP contribution < -0.4 is 10.5 Å². The van der Waals surface area contributed by atoms with Gasteiger partial charge in [0.2, 0.25) is 5.91 Å². The van der Waals surface area contributed by atoms with E-state index in [0.717, 1.165) is 23.0 Å². The van der Waals surface area contributed by atoms with Gasteiger partial charge in [0.25, 0.3) is 5.56 Å². The second kappa shape index (κ2) is 5.64. The fourth-order valence-electron chi connectivity index (χ4n) is 3.45. The minimum Gasteiger partial charge on any atom is -0.310 e. The molecule has 120 valence electrons. The van der Waals surface area contributed by atoms with E-state index in [1.165, 1.54) is 5.56 Å². The molecule has 4 rings (SSSR count). The molecule has 0 radical (unpaired) electrons. The van der Waals surface area contributed by atoms with Crippen molar-refractivity contribution in [2.75, 3.05) is 11.4 Å². The molecule has 0 saturated heterocycles. The lowest BCUT2D eigenvalue weighted by Crippen LogP contribution is -2.36. The number of nitrogens with zero attached hydrogens (tertiary/aromatic N) is 2. The number of para-hydroxylation sites is 2. The first-order valence-electron chi connectivity index (χ1n) is 8.12. The van der Waals surface area contributed by atoms with Crippen LogP contribution in [0.25, 0.3) is 10.9 Å². The zero-order valence-electron chi connectivity index (χ0n) is 13.5. The Kier molecular flexibility index (Phi) is 3.45. The number of anilines is 1. The van der Waals surface area contributed by atoms with Crippen LogP contribution in [-0.2, 0) is 17.8 Å². The zero-order chi connectivity index (χ0) is 16.7. The number of aromatic nitrogens is 1. The number of carbonyl (C=O) groups is 1. The Balaban J connectivity index is 1.74. The average Bonchev–Trinajstić information content (AvgIpc) is 3.03. The highest BCUT2D eigenvalue weighted by Crippen LogP contribution is 2.27. The maximum atomic E-state index is 12.9. The summed E-state index contributed by atoms with van der Waals surface area (Å²) in [7, 11) is 0. The zero-order valence-corrected chi connectivity index (χ0v) is 13.5. The molecule has 1 aromatic heterocycles. The van der Waals surface area contributed by atoms with Crippen molar-refractivity contribution in [2.24, 2.45) is 0 Å². The number of hydrogen-bond donors (Lipinski definition) is 0. The van der Waals surface area contributed by atoms with Crippen LogP contribution in [0.3, 0.4) is 0 Å². The van der Waals surface area contributed by atoms with Gasteiger partial charge in [-0.3, -0.25) is 14.2 Å². The first-order chi connectivity index (χ1) is 11.6. The first-order valence-corrected chi connectivity index (χ1v) is 8.12. The standard InChI is InChI=1S/C20H18N2O2/c1-14-12-16-7-3-5-9-18(16)22(20(14)24)13-19(23)21-11-10-15-6-2-4-8-17(15)21/h2-9,12H,10-11,13H2,1H3. The minimum absolute atomic E-state index is 0.0437. The lowest BCUT2D eigenvalue weighted by molar-refractivity contribution is -0.119. The van der Waals surface area contributed by atoms with Crippen LogP contribution in [0.2, 0.25) is 0 Å². The molecule has 1 aliphatic rings. The second-order valence-corrected chi connectivity index (χ2v) is 6.20. The summed E-state index contributed by atoms with van der Waals surface area (Å²) in [6, 6.07) is 17.5. The van der Waals surface area contributed by atoms with Gasteiger partial charge in [-0.05, 0) is 42.5 Å². The van der Waals surface area contributed by atoms with E-state index in [2.05, 4.69) is 6.07 Å². The number of carbonyl (C=O) groups excluding carboxylic acids is 1. The fraction of sp³-hybridized carbons (Fsp3) is 0.200. The summed E-state index contributed by atoms with van der Waals surface area (Å²) in [5.74, 6) is -0.0437. The van der Waals surface area contributed by atoms with Crippen LogP contribution >= 0.6 is 0 Å². The number of rotatable bonds is 2. The van der Waals surface area contributed by atoms with E-state index in [9.17, 15) is 9.59 Å². The Morgan fingerprint density at radius 3 is 2.71 bits per heavy atom. The Hall–Kier alpha value is -2.88. The van der Waals surface area contributed by atoms with Crippen LogP contribution in [0.5, 0.6) is 0 Å². The largest absolute Gasteiger partial charge is 0.310 e. The van der Waals surface area contributed by atoms with E-state index in [1.807, 2.05) is 48.5 Å². The molecule has 0 saturated carbocycles. The van der Waals surface area contributed by atoms with Crippen molar-refractivity contribution >= 4 is 22.5 Å². The number of amides is 1. The minimum atomic E-state index is -0.102. The fourth-order valence-corrected chi connectivity index (χ4v) is 3.45. The van der Waals surface area contributed by atoms with Gasteiger partial charge < -0.3 is 4.90 Å². The summed E-state index contributed by atoms with van der Waals surface area (Å²) < 4.78 is 1.59. The molecule has 0 spiro atoms. The Labute approximate surface area is 140 Å². The molecule has 0 unspecified atom stereocenters. The van der Waals surface area contributed by atoms with Gasteiger partial charge in [-0.25, -0.2) is 0 Å². The van der Waals surface area contributed by atoms with E-state index in [1.54, 1.807) is 16.4 Å². The molecule has 4 heteroatoms. The van der Waals surface area contributed by atoms with Gasteiger partial charge in [0.15, 0.2) is 0 Å². The van der Waals surface area contributed by atoms with Crippen LogP contribution in [-0.4, -0.2) is 17.0 Å². The van der Waals surface area contributed by atoms with Gasteiger partial charge in [0.05, 0.1) is 5.52 Å². The topological polar surface area (TPSA) is 42.3 Å². The molecule has 0 aliphatic carbocycles. The molecule has 4 nitrogen and oxygen atoms in total. The van der Waals surface area contributed by atoms with Crippen molar-refractivity contribution in [1.29, 1.82) is 0 Å². The highest BCUT2D eigenvalue weighted by molar-refractivity contribution is 5.96. The smallest absolute Gasteiger partial charge is 0.254 e. The Morgan fingerprint density at radius 1 is 1.08 bits per heavy atom. The monoisotopic (exact) mass is 318 g/mol. The van der Waals surface area contributed by atoms with Crippen molar-refractivity contribution < 1.29 is 4.79 Å². The predicted molar refractivity (Wildman–Crippen MR) is 95.4 cm³/mol. The highest BCUT2D eigenvalue weighted by Gasteiger charge is 2.24. The summed E-state index contributed by atoms with van der Waals surface area (Å²) in [6.45, 7) is 2.53. The summed E-state index contributed by atoms with van der Waals surface area (Å²) in [4.78, 5) is 27.2. The van der Waals surface area contributed by atoms with Crippen LogP contribution in [0.1, 0.15) is 11.1 Å². The Bertz CT molecular complexity index is 1000. The third-order valence-corrected chi connectivity index (χ3v) is 4.66. The summed E-state index contributed by atoms with van der Waals surface area (Å²) in [5.41, 5.74) is 3.51. The predicted octanol–water partition coefficient (Wildman–Crippen LogP) is 2.90. The van der Waals surface area contributed by atoms with Gasteiger partial charge in [-0.1, -0.05) is 36.4 Å². The molecule has 1 aliphatic heterocycles. The summed E-state index contributed by atoms with van der Waals surface area (Å²) in [5, 5.41) is 0.976. The highest BCUT2D eigenvalue weighted by atomic mass is 16.2. The molecule has 0 bridgehead atoms. The lowest BCUT2D eigenvalue weighted by atomic mass is 10.1. The van der Waals surface area contributed by atoms with E-state index in [-0.39, 0.29) is 18.0 Å². The van der Waals surface area contributed by atoms with Crippen molar-refractivity contribution in [3.8, 4) is 0 Å². The molecule has 3 aromatic rings. The maximum Gasteiger partial charge on any atom is 0.254 e. The number of aryl methyl sites for hydroxylation is 1. The molecule has 0 N–H and O–H groups in total. The molecule has 0 fully saturated rings. The van der Waals surface area contributed by atoms with Crippen LogP contribution in [0, 0.1) is 6.92 Å². The normalized spacial score (nSPS) is 13.3. The van der Waals surface area contributed by atoms with E-state index < -0.39 is 0 Å². The third-order valence-electron chi connectivity index (χ3n) is 4.66. The summed E-state index contributed by atoms with van der Waals surface area (Å²) >= 11 is 0. The molecular formula is C20H18N2O2. The van der Waals surface area contributed by atoms with Gasteiger partial charge in [-0.2, -0.15) is 0 Å². The van der Waals surface area contributed by atoms with Crippen molar-refractivity contribution in [2.45, 2.75) is 19.9 Å². The molecule has 2 aromatic carbocycles. The number of benzene rings is 2. The molecule has 2 heterocycles. The SMILES string of the molecule is Cc1cc2ccccc2n(CC(=O)N2CCc3ccccc32)c1=O. The maximum absolute atomic E-state index is 12.9. The lowest BCUT2D eigenvalue weighted by Gasteiger charge is -2.19. The van der Waals surface area contributed by atoms with E-state index >= 15 is 0 Å². The molecular weight excluding hydrogens is 300 g/mol. The van der Waals surface area contributed by atoms with Gasteiger partial charge in [0, 0.05) is 17.8 Å². The number of hydrogen-bond acceptors (Lipinski definition) is 2. The average molecular weight is 318 g/mol. The quantitative estimate of drug-likeness (QED) is 0.729. The first kappa shape index (κ1) is 14.7. The van der Waals surface area contributed by atoms with Gasteiger partial charge >= 0.3 is 0 Å². The number of fused-ring (bicyclic) bond motifs is 2. The van der Waals surface area contributed by atoms with Crippen molar-refractivity contribution in [1.82, 2.24) is 4.57 Å². The molecule has 1 amide bonds. The summed E-state index contributed by atoms with van der Waals surface area (Å²) in [6.07, 6.45) is 0.866. The van der Waals surface area contributed by atoms with Gasteiger partial charge in [0.1, 0.15) is 6.54 Å². The van der Waals surface area contributed by atoms with Crippen molar-refractivity contribution in [3.05, 3.63) is 76.1 Å². The molecule has 24 heavy (non-hydrogen) atoms. The second-order valence-electron chi connectivity index (χ2n) is 6.20. The van der Waals surface area contributed by atoms with E-state index in [0.29, 0.717) is 12.1 Å². The third kappa shape index (κ3) is 2.31. The van der Waals surface area contributed by atoms with Crippen LogP contribution in [0.4, 0.5) is 5.69 Å². The van der Waals surface area contributed by atoms with Crippen molar-refractivity contribution in [3.63, 3.8) is 0 Å². The van der Waals surface area contributed by atoms with E-state index in [4.69, 9.17) is 0 Å². The van der Waals surface area contributed by atoms with Crippen LogP contribution in [0.15, 0.2) is 59.4 Å². The molecule has 0 atom stereocenters. The van der Waals surface area contributed by atoms with Gasteiger partial charge in [-0.15, -0.1) is 0 Å².